The number of aromatic nitrogens is 3. The number of carbonyl (C=O) groups excluding carboxylic acids is 1. The van der Waals surface area contributed by atoms with E-state index < -0.39 is 28.9 Å². The summed E-state index contributed by atoms with van der Waals surface area (Å²) in [5.41, 5.74) is 1.43. The number of pyridine rings is 1. The van der Waals surface area contributed by atoms with Crippen LogP contribution in [0.25, 0.3) is 5.57 Å². The monoisotopic (exact) mass is 432 g/mol. The summed E-state index contributed by atoms with van der Waals surface area (Å²) in [5.74, 6) is -4.10. The molecule has 2 heterocycles. The third-order valence-corrected chi connectivity index (χ3v) is 5.13. The summed E-state index contributed by atoms with van der Waals surface area (Å²) in [6.45, 7) is 7.93. The first kappa shape index (κ1) is 22.5. The van der Waals surface area contributed by atoms with E-state index in [1.807, 2.05) is 13.8 Å². The maximum absolute atomic E-state index is 14.2. The third-order valence-electron chi connectivity index (χ3n) is 5.13. The highest BCUT2D eigenvalue weighted by Gasteiger charge is 2.46. The minimum atomic E-state index is -3.13. The van der Waals surface area contributed by atoms with E-state index in [4.69, 9.17) is 0 Å². The molecule has 1 fully saturated rings. The number of aryl methyl sites for hydroxylation is 1. The van der Waals surface area contributed by atoms with Crippen LogP contribution in [0.1, 0.15) is 62.5 Å². The molecule has 2 aromatic rings. The number of carbonyl (C=O) groups is 1. The van der Waals surface area contributed by atoms with E-state index in [-0.39, 0.29) is 7.12 Å². The van der Waals surface area contributed by atoms with Gasteiger partial charge >= 0.3 is 0 Å². The van der Waals surface area contributed by atoms with Gasteiger partial charge in [0.15, 0.2) is 0 Å². The minimum Gasteiger partial charge on any atom is -0.341 e. The molecule has 0 aliphatic heterocycles. The summed E-state index contributed by atoms with van der Waals surface area (Å²) >= 11 is 0. The molecule has 31 heavy (non-hydrogen) atoms. The lowest BCUT2D eigenvalue weighted by atomic mass is 10.0. The highest BCUT2D eigenvalue weighted by Crippen LogP contribution is 2.45. The molecule has 5 nitrogen and oxygen atoms in total. The molecule has 0 aromatic carbocycles. The Morgan fingerprint density at radius 3 is 2.48 bits per heavy atom. The summed E-state index contributed by atoms with van der Waals surface area (Å²) in [4.78, 5) is 17.1. The van der Waals surface area contributed by atoms with Crippen LogP contribution in [0.15, 0.2) is 54.5 Å². The van der Waals surface area contributed by atoms with E-state index >= 15 is 0 Å². The molecule has 0 saturated heterocycles. The van der Waals surface area contributed by atoms with Crippen LogP contribution < -0.4 is 5.32 Å². The number of hydrogen-bond donors (Lipinski definition) is 1. The fourth-order valence-corrected chi connectivity index (χ4v) is 3.29. The van der Waals surface area contributed by atoms with Crippen molar-refractivity contribution < 1.29 is 19.4 Å². The van der Waals surface area contributed by atoms with Gasteiger partial charge in [0.1, 0.15) is 17.2 Å². The molecule has 1 amide bonds. The van der Waals surface area contributed by atoms with Crippen LogP contribution in [0.2, 0.25) is 0 Å². The summed E-state index contributed by atoms with van der Waals surface area (Å²) in [6.07, 6.45) is 5.80. The normalized spacial score (nSPS) is 15.7. The molecule has 0 unspecified atom stereocenters. The van der Waals surface area contributed by atoms with Gasteiger partial charge in [0.05, 0.1) is 11.2 Å². The molecule has 166 valence electrons. The average molecular weight is 432 g/mol. The van der Waals surface area contributed by atoms with Gasteiger partial charge in [-0.1, -0.05) is 24.3 Å². The Labute approximate surface area is 180 Å². The Morgan fingerprint density at radius 2 is 2.03 bits per heavy atom. The van der Waals surface area contributed by atoms with Crippen molar-refractivity contribution in [3.63, 3.8) is 0 Å². The second kappa shape index (κ2) is 8.17. The second-order valence-corrected chi connectivity index (χ2v) is 8.08. The number of alkyl halides is 2. The van der Waals surface area contributed by atoms with Crippen LogP contribution in [0.3, 0.4) is 0 Å². The van der Waals surface area contributed by atoms with Gasteiger partial charge in [0, 0.05) is 27.2 Å². The largest absolute Gasteiger partial charge is 0.341 e. The molecule has 0 bridgehead atoms. The summed E-state index contributed by atoms with van der Waals surface area (Å²) in [5, 5.41) is 6.67. The lowest BCUT2D eigenvalue weighted by Crippen LogP contribution is -2.36. The predicted molar refractivity (Wildman–Crippen MR) is 115 cm³/mol. The van der Waals surface area contributed by atoms with Gasteiger partial charge in [0.25, 0.3) is 11.8 Å². The van der Waals surface area contributed by atoms with Gasteiger partial charge in [-0.05, 0) is 50.5 Å². The minimum absolute atomic E-state index is 0. The molecule has 1 aliphatic carbocycles. The van der Waals surface area contributed by atoms with Crippen molar-refractivity contribution in [2.24, 2.45) is 7.05 Å². The Kier molecular flexibility index (Phi) is 5.93. The van der Waals surface area contributed by atoms with Crippen molar-refractivity contribution >= 4 is 11.5 Å². The lowest BCUT2D eigenvalue weighted by molar-refractivity contribution is 0.0122. The number of hydrogen-bond acceptors (Lipinski definition) is 3. The van der Waals surface area contributed by atoms with E-state index in [1.165, 1.54) is 7.05 Å². The van der Waals surface area contributed by atoms with Gasteiger partial charge in [-0.25, -0.2) is 4.39 Å². The highest BCUT2D eigenvalue weighted by molar-refractivity contribution is 5.93. The fraction of sp³-hybridized carbons (Fsp3) is 0.348. The summed E-state index contributed by atoms with van der Waals surface area (Å²) in [6, 6.07) is 4.58. The van der Waals surface area contributed by atoms with E-state index in [2.05, 4.69) is 22.0 Å². The number of amides is 1. The van der Waals surface area contributed by atoms with E-state index in [0.29, 0.717) is 24.1 Å². The molecule has 0 atom stereocenters. The van der Waals surface area contributed by atoms with Crippen LogP contribution in [0.4, 0.5) is 13.2 Å². The van der Waals surface area contributed by atoms with Gasteiger partial charge in [0.2, 0.25) is 0 Å². The molecule has 3 rings (SSSR count). The van der Waals surface area contributed by atoms with Crippen molar-refractivity contribution in [2.45, 2.75) is 45.1 Å². The Hall–Kier alpha value is -3.16. The molecule has 2 aromatic heterocycles. The van der Waals surface area contributed by atoms with Crippen molar-refractivity contribution in [1.29, 1.82) is 0 Å². The molecule has 8 heteroatoms. The van der Waals surface area contributed by atoms with E-state index in [0.717, 1.165) is 34.9 Å². The van der Waals surface area contributed by atoms with Gasteiger partial charge in [-0.2, -0.15) is 13.9 Å². The molecule has 0 radical (unpaired) electrons. The van der Waals surface area contributed by atoms with Gasteiger partial charge in [-0.3, -0.25) is 14.5 Å². The standard InChI is InChI=1S/C23H25F3N4O.H2/c1-6-17(24)16(11-14(2)3)18-8-7-15(13-27-18)23(9-10-23)28-21(31)19-12-20(22(4,25)26)29-30(19)5;/h6-8,11-13H,1,9-10H2,2-5H3,(H,28,31);1H/b17-16-;. The first-order valence-corrected chi connectivity index (χ1v) is 9.86. The van der Waals surface area contributed by atoms with Gasteiger partial charge < -0.3 is 5.32 Å². The molecular formula is C23H27F3N4O. The zero-order valence-corrected chi connectivity index (χ0v) is 18.0. The van der Waals surface area contributed by atoms with Crippen molar-refractivity contribution in [3.05, 3.63) is 77.2 Å². The number of nitrogens with zero attached hydrogens (tertiary/aromatic N) is 3. The first-order valence-electron chi connectivity index (χ1n) is 9.86. The van der Waals surface area contributed by atoms with Crippen LogP contribution in [0, 0.1) is 0 Å². The van der Waals surface area contributed by atoms with E-state index in [1.54, 1.807) is 24.4 Å². The fourth-order valence-electron chi connectivity index (χ4n) is 3.29. The summed E-state index contributed by atoms with van der Waals surface area (Å²) in [7, 11) is 1.45. The van der Waals surface area contributed by atoms with Crippen LogP contribution in [-0.4, -0.2) is 20.7 Å². The van der Waals surface area contributed by atoms with E-state index in [9.17, 15) is 18.0 Å². The van der Waals surface area contributed by atoms with Gasteiger partial charge in [-0.15, -0.1) is 0 Å². The Bertz CT molecular complexity index is 1070. The zero-order chi connectivity index (χ0) is 23.0. The number of halogens is 3. The maximum atomic E-state index is 14.2. The molecule has 0 spiro atoms. The maximum Gasteiger partial charge on any atom is 0.288 e. The van der Waals surface area contributed by atoms with Crippen LogP contribution in [0.5, 0.6) is 0 Å². The Morgan fingerprint density at radius 1 is 1.35 bits per heavy atom. The quantitative estimate of drug-likeness (QED) is 0.594. The van der Waals surface area contributed by atoms with Crippen molar-refractivity contribution in [2.75, 3.05) is 0 Å². The third kappa shape index (κ3) is 4.78. The summed E-state index contributed by atoms with van der Waals surface area (Å²) < 4.78 is 42.4. The molecular weight excluding hydrogens is 405 g/mol. The van der Waals surface area contributed by atoms with Crippen LogP contribution in [-0.2, 0) is 18.5 Å². The topological polar surface area (TPSA) is 59.8 Å². The van der Waals surface area contributed by atoms with Crippen molar-refractivity contribution in [3.8, 4) is 0 Å². The predicted octanol–water partition coefficient (Wildman–Crippen LogP) is 5.42. The lowest BCUT2D eigenvalue weighted by Gasteiger charge is -2.18. The number of allylic oxidation sites excluding steroid dienone is 5. The first-order chi connectivity index (χ1) is 14.5. The molecule has 1 N–H and O–H groups in total. The smallest absolute Gasteiger partial charge is 0.288 e. The highest BCUT2D eigenvalue weighted by atomic mass is 19.3. The number of nitrogens with one attached hydrogen (secondary N) is 1. The SMILES string of the molecule is C=C/C(F)=C(\C=C(C)C)c1ccc(C2(NC(=O)c3cc(C(C)(F)F)nn3C)CC2)cn1.[HH]. The second-order valence-electron chi connectivity index (χ2n) is 8.08. The zero-order valence-electron chi connectivity index (χ0n) is 18.0. The van der Waals surface area contributed by atoms with Crippen molar-refractivity contribution in [1.82, 2.24) is 20.1 Å². The average Bonchev–Trinajstić information content (AvgIpc) is 3.36. The molecule has 1 aliphatic rings. The van der Waals surface area contributed by atoms with Crippen LogP contribution >= 0.6 is 0 Å². The number of rotatable bonds is 7. The Balaban J connectivity index is 0.00000363. The molecule has 1 saturated carbocycles.